The van der Waals surface area contributed by atoms with Gasteiger partial charge in [0.2, 0.25) is 0 Å². The molecule has 9 nitrogen and oxygen atoms in total. The van der Waals surface area contributed by atoms with Crippen molar-refractivity contribution in [2.24, 2.45) is 10.8 Å². The molecule has 0 saturated carbocycles. The van der Waals surface area contributed by atoms with Crippen LogP contribution in [0.15, 0.2) is 0 Å². The van der Waals surface area contributed by atoms with Crippen LogP contribution in [0, 0.1) is 10.8 Å². The van der Waals surface area contributed by atoms with Crippen molar-refractivity contribution < 1.29 is 45.3 Å². The Labute approximate surface area is 161 Å². The molecule has 9 heteroatoms. The lowest BCUT2D eigenvalue weighted by atomic mass is 9.91. The highest BCUT2D eigenvalue weighted by molar-refractivity contribution is 5.66. The highest BCUT2D eigenvalue weighted by Gasteiger charge is 2.32. The van der Waals surface area contributed by atoms with E-state index in [-0.39, 0.29) is 13.2 Å². The lowest BCUT2D eigenvalue weighted by Gasteiger charge is -2.31. The normalized spacial score (nSPS) is 11.8. The number of ether oxygens (including phenoxy) is 1. The molecule has 0 unspecified atom stereocenters. The minimum atomic E-state index is -1.16. The molecule has 0 saturated heterocycles. The topological polar surface area (TPSA) is 168 Å². The van der Waals surface area contributed by atoms with Gasteiger partial charge in [-0.05, 0) is 6.42 Å². The molecule has 0 aliphatic rings. The molecule has 0 aromatic heterocycles. The number of carbonyl (C=O) groups is 1. The Bertz CT molecular complexity index is 305. The van der Waals surface area contributed by atoms with Crippen LogP contribution in [0.3, 0.4) is 0 Å². The highest BCUT2D eigenvalue weighted by atomic mass is 16.5. The number of carboxylic acid groups (broad SMARTS) is 1. The van der Waals surface area contributed by atoms with Gasteiger partial charge >= 0.3 is 5.97 Å². The number of aliphatic hydroxyl groups excluding tert-OH is 6. The number of aliphatic hydroxyl groups is 6. The molecule has 0 heterocycles. The highest BCUT2D eigenvalue weighted by Crippen LogP contribution is 2.19. The first-order valence-corrected chi connectivity index (χ1v) is 9.29. The summed E-state index contributed by atoms with van der Waals surface area (Å²) in [5, 5.41) is 62.4. The van der Waals surface area contributed by atoms with Crippen LogP contribution in [-0.2, 0) is 9.53 Å². The maximum absolute atomic E-state index is 10.0. The first-order valence-electron chi connectivity index (χ1n) is 9.29. The number of hydrogen-bond donors (Lipinski definition) is 7. The molecule has 27 heavy (non-hydrogen) atoms. The molecule has 0 fully saturated rings. The average Bonchev–Trinajstić information content (AvgIpc) is 2.69. The Balaban J connectivity index is 0. The van der Waals surface area contributed by atoms with Crippen LogP contribution in [0.25, 0.3) is 0 Å². The minimum Gasteiger partial charge on any atom is -0.481 e. The zero-order valence-corrected chi connectivity index (χ0v) is 16.3. The van der Waals surface area contributed by atoms with Gasteiger partial charge in [0.1, 0.15) is 0 Å². The Morgan fingerprint density at radius 2 is 1.07 bits per heavy atom. The second-order valence-corrected chi connectivity index (χ2v) is 7.00. The first kappa shape index (κ1) is 28.4. The van der Waals surface area contributed by atoms with Crippen LogP contribution >= 0.6 is 0 Å². The van der Waals surface area contributed by atoms with Crippen molar-refractivity contribution >= 4 is 5.97 Å². The molecule has 0 bridgehead atoms. The third kappa shape index (κ3) is 13.1. The fourth-order valence-electron chi connectivity index (χ4n) is 1.94. The van der Waals surface area contributed by atoms with Gasteiger partial charge in [-0.15, -0.1) is 0 Å². The monoisotopic (exact) mass is 398 g/mol. The summed E-state index contributed by atoms with van der Waals surface area (Å²) in [5.74, 6) is -0.670. The molecule has 0 rings (SSSR count). The van der Waals surface area contributed by atoms with E-state index >= 15 is 0 Å². The van der Waals surface area contributed by atoms with Crippen molar-refractivity contribution in [1.29, 1.82) is 0 Å². The summed E-state index contributed by atoms with van der Waals surface area (Å²) in [6, 6.07) is 0. The van der Waals surface area contributed by atoms with Gasteiger partial charge in [-0.25, -0.2) is 0 Å². The van der Waals surface area contributed by atoms with Crippen molar-refractivity contribution in [3.8, 4) is 0 Å². The molecular weight excluding hydrogens is 360 g/mol. The second kappa shape index (κ2) is 17.3. The van der Waals surface area contributed by atoms with E-state index in [2.05, 4.69) is 6.92 Å². The van der Waals surface area contributed by atoms with Gasteiger partial charge in [-0.2, -0.15) is 0 Å². The van der Waals surface area contributed by atoms with Crippen LogP contribution < -0.4 is 0 Å². The SMILES string of the molecule is CCCCCCCC(=O)O.OCC(CO)(CO)COCC(CO)(CO)CO. The number of carboxylic acids is 1. The summed E-state index contributed by atoms with van der Waals surface area (Å²) < 4.78 is 5.15. The van der Waals surface area contributed by atoms with Crippen molar-refractivity contribution in [2.45, 2.75) is 45.4 Å². The summed E-state index contributed by atoms with van der Waals surface area (Å²) >= 11 is 0. The van der Waals surface area contributed by atoms with Gasteiger partial charge in [0.05, 0.1) is 63.7 Å². The molecule has 0 spiro atoms. The van der Waals surface area contributed by atoms with E-state index in [0.717, 1.165) is 12.8 Å². The standard InChI is InChI=1S/C10H22O7.C8H16O2/c11-1-9(2-12,3-13)7-17-8-10(4-14,5-15)6-16;1-2-3-4-5-6-7-8(9)10/h11-16H,1-8H2;2-7H2,1H3,(H,9,10). The molecule has 0 aromatic rings. The lowest BCUT2D eigenvalue weighted by Crippen LogP contribution is -2.43. The molecule has 0 aliphatic carbocycles. The Morgan fingerprint density at radius 3 is 1.37 bits per heavy atom. The lowest BCUT2D eigenvalue weighted by molar-refractivity contribution is -0.137. The Kier molecular flexibility index (Phi) is 18.2. The fourth-order valence-corrected chi connectivity index (χ4v) is 1.94. The largest absolute Gasteiger partial charge is 0.481 e. The number of hydrogen-bond acceptors (Lipinski definition) is 8. The van der Waals surface area contributed by atoms with Gasteiger partial charge in [0.15, 0.2) is 0 Å². The summed E-state index contributed by atoms with van der Waals surface area (Å²) in [6.07, 6.45) is 5.88. The van der Waals surface area contributed by atoms with E-state index in [9.17, 15) is 4.79 Å². The predicted octanol–water partition coefficient (Wildman–Crippen LogP) is -0.639. The van der Waals surface area contributed by atoms with Crippen molar-refractivity contribution in [2.75, 3.05) is 52.9 Å². The van der Waals surface area contributed by atoms with Crippen LogP contribution in [0.2, 0.25) is 0 Å². The zero-order valence-electron chi connectivity index (χ0n) is 16.3. The molecule has 7 N–H and O–H groups in total. The first-order chi connectivity index (χ1) is 12.8. The summed E-state index contributed by atoms with van der Waals surface area (Å²) in [6.45, 7) is -0.855. The molecule has 0 atom stereocenters. The van der Waals surface area contributed by atoms with Gasteiger partial charge in [0, 0.05) is 6.42 Å². The van der Waals surface area contributed by atoms with Gasteiger partial charge in [0.25, 0.3) is 0 Å². The van der Waals surface area contributed by atoms with Crippen molar-refractivity contribution in [3.63, 3.8) is 0 Å². The quantitative estimate of drug-likeness (QED) is 0.167. The maximum atomic E-state index is 10.0. The fraction of sp³-hybridized carbons (Fsp3) is 0.944. The number of unbranched alkanes of at least 4 members (excludes halogenated alkanes) is 4. The smallest absolute Gasteiger partial charge is 0.303 e. The number of rotatable bonds is 16. The molecule has 164 valence electrons. The van der Waals surface area contributed by atoms with Gasteiger partial charge < -0.3 is 40.5 Å². The maximum Gasteiger partial charge on any atom is 0.303 e. The third-order valence-corrected chi connectivity index (χ3v) is 4.32. The zero-order chi connectivity index (χ0) is 21.2. The summed E-state index contributed by atoms with van der Waals surface area (Å²) in [7, 11) is 0. The molecule has 0 radical (unpaired) electrons. The van der Waals surface area contributed by atoms with E-state index in [4.69, 9.17) is 40.5 Å². The van der Waals surface area contributed by atoms with E-state index in [1.54, 1.807) is 0 Å². The summed E-state index contributed by atoms with van der Waals surface area (Å²) in [5.41, 5.74) is -2.32. The van der Waals surface area contributed by atoms with Crippen molar-refractivity contribution in [3.05, 3.63) is 0 Å². The van der Waals surface area contributed by atoms with Gasteiger partial charge in [-0.3, -0.25) is 4.79 Å². The van der Waals surface area contributed by atoms with E-state index in [1.807, 2.05) is 0 Å². The van der Waals surface area contributed by atoms with Crippen LogP contribution in [0.5, 0.6) is 0 Å². The van der Waals surface area contributed by atoms with Crippen LogP contribution in [0.4, 0.5) is 0 Å². The average molecular weight is 398 g/mol. The number of aliphatic carboxylic acids is 1. The van der Waals surface area contributed by atoms with E-state index in [0.29, 0.717) is 6.42 Å². The van der Waals surface area contributed by atoms with Crippen molar-refractivity contribution in [1.82, 2.24) is 0 Å². The van der Waals surface area contributed by atoms with Gasteiger partial charge in [-0.1, -0.05) is 32.6 Å². The van der Waals surface area contributed by atoms with E-state index in [1.165, 1.54) is 19.3 Å². The Morgan fingerprint density at radius 1 is 0.704 bits per heavy atom. The molecular formula is C18H38O9. The minimum absolute atomic E-state index is 0.141. The Hall–Kier alpha value is -0.810. The third-order valence-electron chi connectivity index (χ3n) is 4.32. The summed E-state index contributed by atoms with van der Waals surface area (Å²) in [4.78, 5) is 10.0. The van der Waals surface area contributed by atoms with Crippen LogP contribution in [0.1, 0.15) is 45.4 Å². The molecule has 0 aliphatic heterocycles. The predicted molar refractivity (Wildman–Crippen MR) is 99.2 cm³/mol. The molecule has 0 aromatic carbocycles. The molecule has 0 amide bonds. The van der Waals surface area contributed by atoms with E-state index < -0.39 is 56.4 Å². The van der Waals surface area contributed by atoms with Crippen LogP contribution in [-0.4, -0.2) is 94.6 Å². The second-order valence-electron chi connectivity index (χ2n) is 7.00.